The fourth-order valence-corrected chi connectivity index (χ4v) is 5.34. The van der Waals surface area contributed by atoms with Crippen molar-refractivity contribution in [1.29, 1.82) is 0 Å². The minimum Gasteiger partial charge on any atom is -0.361 e. The molecule has 0 fully saturated rings. The van der Waals surface area contributed by atoms with Crippen molar-refractivity contribution in [3.63, 3.8) is 0 Å². The number of sulfonamides is 1. The molecule has 0 unspecified atom stereocenters. The summed E-state index contributed by atoms with van der Waals surface area (Å²) >= 11 is 0. The van der Waals surface area contributed by atoms with E-state index < -0.39 is 10.0 Å². The summed E-state index contributed by atoms with van der Waals surface area (Å²) in [6.07, 6.45) is 2.36. The van der Waals surface area contributed by atoms with Crippen LogP contribution in [0, 0.1) is 0 Å². The first-order valence-corrected chi connectivity index (χ1v) is 12.6. The Bertz CT molecular complexity index is 1230. The van der Waals surface area contributed by atoms with E-state index in [2.05, 4.69) is 15.3 Å². The monoisotopic (exact) mass is 472 g/mol. The molecule has 2 aromatic heterocycles. The average molecular weight is 473 g/mol. The lowest BCUT2D eigenvalue weighted by Gasteiger charge is -2.18. The molecule has 1 aromatic carbocycles. The zero-order valence-electron chi connectivity index (χ0n) is 19.9. The van der Waals surface area contributed by atoms with E-state index in [4.69, 9.17) is 0 Å². The number of carbonyl (C=O) groups is 1. The number of nitrogens with one attached hydrogen (secondary N) is 1. The molecule has 33 heavy (non-hydrogen) atoms. The van der Waals surface area contributed by atoms with Crippen molar-refractivity contribution in [2.45, 2.75) is 45.1 Å². The van der Waals surface area contributed by atoms with Crippen LogP contribution in [-0.4, -0.2) is 60.4 Å². The van der Waals surface area contributed by atoms with Crippen molar-refractivity contribution in [3.8, 4) is 0 Å². The predicted octanol–water partition coefficient (Wildman–Crippen LogP) is 3.12. The molecule has 0 saturated heterocycles. The lowest BCUT2D eigenvalue weighted by molar-refractivity contribution is -0.116. The Balaban J connectivity index is 1.82. The summed E-state index contributed by atoms with van der Waals surface area (Å²) in [5.41, 5.74) is 2.12. The molecule has 10 heteroatoms. The van der Waals surface area contributed by atoms with Gasteiger partial charge in [0.2, 0.25) is 15.9 Å². The molecule has 1 N–H and O–H groups in total. The number of pyridine rings is 1. The lowest BCUT2D eigenvalue weighted by Crippen LogP contribution is -2.30. The number of aromatic nitrogens is 3. The SMILES string of the molecule is CCN(CC)S(=O)(=O)c1ccc2c(c1)nc(CCC(=O)Nc1cccnc1N(C)C)n2CC. The summed E-state index contributed by atoms with van der Waals surface area (Å²) in [6.45, 7) is 7.14. The number of amides is 1. The van der Waals surface area contributed by atoms with Gasteiger partial charge in [0.25, 0.3) is 0 Å². The predicted molar refractivity (Wildman–Crippen MR) is 131 cm³/mol. The van der Waals surface area contributed by atoms with Gasteiger partial charge in [-0.05, 0) is 37.3 Å². The van der Waals surface area contributed by atoms with Gasteiger partial charge < -0.3 is 14.8 Å². The van der Waals surface area contributed by atoms with Gasteiger partial charge in [0, 0.05) is 52.8 Å². The molecule has 3 rings (SSSR count). The van der Waals surface area contributed by atoms with Crippen molar-refractivity contribution in [1.82, 2.24) is 18.8 Å². The Morgan fingerprint density at radius 1 is 1.12 bits per heavy atom. The summed E-state index contributed by atoms with van der Waals surface area (Å²) in [7, 11) is 0.178. The van der Waals surface area contributed by atoms with E-state index in [1.54, 1.807) is 30.5 Å². The first-order chi connectivity index (χ1) is 15.7. The number of aryl methyl sites for hydroxylation is 2. The second-order valence-electron chi connectivity index (χ2n) is 7.83. The summed E-state index contributed by atoms with van der Waals surface area (Å²) in [4.78, 5) is 23.7. The molecule has 0 spiro atoms. The van der Waals surface area contributed by atoms with Gasteiger partial charge >= 0.3 is 0 Å². The number of hydrogen-bond donors (Lipinski definition) is 1. The average Bonchev–Trinajstić information content (AvgIpc) is 3.15. The molecular weight excluding hydrogens is 440 g/mol. The Kier molecular flexibility index (Phi) is 7.70. The number of nitrogens with zero attached hydrogens (tertiary/aromatic N) is 5. The Hall–Kier alpha value is -2.98. The van der Waals surface area contributed by atoms with E-state index in [1.165, 1.54) is 4.31 Å². The Labute approximate surface area is 195 Å². The fraction of sp³-hybridized carbons (Fsp3) is 0.435. The fourth-order valence-electron chi connectivity index (χ4n) is 3.87. The Morgan fingerprint density at radius 3 is 2.48 bits per heavy atom. The van der Waals surface area contributed by atoms with Crippen molar-refractivity contribution in [2.24, 2.45) is 0 Å². The standard InChI is InChI=1S/C23H32N6O3S/c1-6-28(7-2)33(31,32)17-11-12-20-19(16-17)25-21(29(20)8-3)13-14-22(30)26-18-10-9-15-24-23(18)27(4)5/h9-12,15-16H,6-8,13-14H2,1-5H3,(H,26,30). The zero-order valence-corrected chi connectivity index (χ0v) is 20.7. The van der Waals surface area contributed by atoms with E-state index in [9.17, 15) is 13.2 Å². The van der Waals surface area contributed by atoms with E-state index in [-0.39, 0.29) is 17.2 Å². The van der Waals surface area contributed by atoms with Crippen LogP contribution in [0.25, 0.3) is 11.0 Å². The highest BCUT2D eigenvalue weighted by molar-refractivity contribution is 7.89. The summed E-state index contributed by atoms with van der Waals surface area (Å²) in [6, 6.07) is 8.65. The van der Waals surface area contributed by atoms with Gasteiger partial charge in [-0.25, -0.2) is 18.4 Å². The number of fused-ring (bicyclic) bond motifs is 1. The van der Waals surface area contributed by atoms with Crippen LogP contribution in [0.1, 0.15) is 33.0 Å². The molecule has 0 bridgehead atoms. The van der Waals surface area contributed by atoms with Crippen LogP contribution in [0.2, 0.25) is 0 Å². The molecule has 178 valence electrons. The molecule has 0 saturated carbocycles. The minimum atomic E-state index is -3.56. The maximum atomic E-state index is 12.9. The third-order valence-corrected chi connectivity index (χ3v) is 7.56. The smallest absolute Gasteiger partial charge is 0.243 e. The maximum absolute atomic E-state index is 12.9. The molecule has 3 aromatic rings. The third kappa shape index (κ3) is 5.17. The summed E-state index contributed by atoms with van der Waals surface area (Å²) in [5, 5.41) is 2.92. The zero-order chi connectivity index (χ0) is 24.2. The molecule has 1 amide bonds. The van der Waals surface area contributed by atoms with Crippen molar-refractivity contribution >= 4 is 38.5 Å². The number of benzene rings is 1. The van der Waals surface area contributed by atoms with E-state index in [0.717, 1.165) is 11.3 Å². The number of rotatable bonds is 10. The third-order valence-electron chi connectivity index (χ3n) is 5.52. The van der Waals surface area contributed by atoms with E-state index >= 15 is 0 Å². The minimum absolute atomic E-state index is 0.134. The van der Waals surface area contributed by atoms with Crippen molar-refractivity contribution in [3.05, 3.63) is 42.4 Å². The van der Waals surface area contributed by atoms with Gasteiger partial charge in [0.15, 0.2) is 5.82 Å². The van der Waals surface area contributed by atoms with Crippen LogP contribution in [0.15, 0.2) is 41.4 Å². The first kappa shape index (κ1) is 24.7. The van der Waals surface area contributed by atoms with Gasteiger partial charge in [-0.2, -0.15) is 4.31 Å². The molecule has 0 radical (unpaired) electrons. The molecule has 9 nitrogen and oxygen atoms in total. The Morgan fingerprint density at radius 2 is 1.85 bits per heavy atom. The largest absolute Gasteiger partial charge is 0.361 e. The van der Waals surface area contributed by atoms with Crippen LogP contribution in [0.5, 0.6) is 0 Å². The van der Waals surface area contributed by atoms with Crippen molar-refractivity contribution < 1.29 is 13.2 Å². The second-order valence-corrected chi connectivity index (χ2v) is 9.77. The van der Waals surface area contributed by atoms with Crippen LogP contribution < -0.4 is 10.2 Å². The normalized spacial score (nSPS) is 11.8. The molecule has 0 aliphatic rings. The second kappa shape index (κ2) is 10.3. The van der Waals surface area contributed by atoms with E-state index in [0.29, 0.717) is 43.1 Å². The molecule has 0 aliphatic carbocycles. The first-order valence-electron chi connectivity index (χ1n) is 11.1. The molecular formula is C23H32N6O3S. The molecule has 2 heterocycles. The lowest BCUT2D eigenvalue weighted by atomic mass is 10.2. The molecule has 0 atom stereocenters. The topological polar surface area (TPSA) is 100 Å². The summed E-state index contributed by atoms with van der Waals surface area (Å²) < 4.78 is 29.2. The van der Waals surface area contributed by atoms with Crippen LogP contribution >= 0.6 is 0 Å². The maximum Gasteiger partial charge on any atom is 0.243 e. The van der Waals surface area contributed by atoms with Gasteiger partial charge in [-0.3, -0.25) is 4.79 Å². The van der Waals surface area contributed by atoms with Crippen molar-refractivity contribution in [2.75, 3.05) is 37.4 Å². The highest BCUT2D eigenvalue weighted by atomic mass is 32.2. The van der Waals surface area contributed by atoms with Crippen LogP contribution in [0.4, 0.5) is 11.5 Å². The van der Waals surface area contributed by atoms with Crippen LogP contribution in [0.3, 0.4) is 0 Å². The van der Waals surface area contributed by atoms with Gasteiger partial charge in [0.1, 0.15) is 5.82 Å². The van der Waals surface area contributed by atoms with Crippen LogP contribution in [-0.2, 0) is 27.8 Å². The number of anilines is 2. The number of imidazole rings is 1. The number of hydrogen-bond acceptors (Lipinski definition) is 6. The number of carbonyl (C=O) groups excluding carboxylic acids is 1. The van der Waals surface area contributed by atoms with Gasteiger partial charge in [-0.1, -0.05) is 13.8 Å². The van der Waals surface area contributed by atoms with Gasteiger partial charge in [-0.15, -0.1) is 0 Å². The molecule has 0 aliphatic heterocycles. The summed E-state index contributed by atoms with van der Waals surface area (Å²) in [5.74, 6) is 1.30. The highest BCUT2D eigenvalue weighted by Gasteiger charge is 2.23. The quantitative estimate of drug-likeness (QED) is 0.487. The van der Waals surface area contributed by atoms with E-state index in [1.807, 2.05) is 50.4 Å². The van der Waals surface area contributed by atoms with Gasteiger partial charge in [0.05, 0.1) is 21.6 Å². The highest BCUT2D eigenvalue weighted by Crippen LogP contribution is 2.24.